The fraction of sp³-hybridized carbons (Fsp3) is 0.300. The monoisotopic (exact) mass is 372 g/mol. The highest BCUT2D eigenvalue weighted by atomic mass is 32.2. The summed E-state index contributed by atoms with van der Waals surface area (Å²) < 4.78 is 0. The molecule has 0 spiro atoms. The van der Waals surface area contributed by atoms with Crippen LogP contribution in [0.1, 0.15) is 32.3 Å². The smallest absolute Gasteiger partial charge is 0.233 e. The Bertz CT molecular complexity index is 715. The molecule has 1 amide bonds. The predicted octanol–water partition coefficient (Wildman–Crippen LogP) is 4.68. The summed E-state index contributed by atoms with van der Waals surface area (Å²) in [5.74, 6) is -0.348. The van der Waals surface area contributed by atoms with Crippen molar-refractivity contribution in [2.45, 2.75) is 36.5 Å². The lowest BCUT2D eigenvalue weighted by Gasteiger charge is -2.23. The van der Waals surface area contributed by atoms with E-state index in [-0.39, 0.29) is 11.8 Å². The van der Waals surface area contributed by atoms with Crippen LogP contribution in [-0.2, 0) is 4.79 Å². The number of carbonyl (C=O) groups is 1. The molecule has 0 aliphatic carbocycles. The third-order valence-corrected chi connectivity index (χ3v) is 5.49. The molecule has 5 heteroatoms. The first-order chi connectivity index (χ1) is 12.1. The molecule has 0 radical (unpaired) electrons. The lowest BCUT2D eigenvalue weighted by Crippen LogP contribution is -2.43. The van der Waals surface area contributed by atoms with Crippen LogP contribution in [0.15, 0.2) is 64.4 Å². The topological polar surface area (TPSA) is 32.3 Å². The van der Waals surface area contributed by atoms with Crippen LogP contribution in [0.25, 0.3) is 0 Å². The number of nitrogens with zero attached hydrogens (tertiary/aromatic N) is 1. The molecule has 25 heavy (non-hydrogen) atoms. The van der Waals surface area contributed by atoms with E-state index < -0.39 is 0 Å². The largest absolute Gasteiger partial charge is 0.350 e. The van der Waals surface area contributed by atoms with Gasteiger partial charge in [-0.05, 0) is 56.8 Å². The Kier molecular flexibility index (Phi) is 7.47. The van der Waals surface area contributed by atoms with Crippen LogP contribution in [0.2, 0.25) is 0 Å². The summed E-state index contributed by atoms with van der Waals surface area (Å²) >= 11 is 7.02. The molecule has 0 aromatic heterocycles. The molecule has 0 saturated carbocycles. The van der Waals surface area contributed by atoms with Gasteiger partial charge in [0.05, 0.1) is 5.92 Å². The van der Waals surface area contributed by atoms with Crippen LogP contribution in [0, 0.1) is 0 Å². The quantitative estimate of drug-likeness (QED) is 0.746. The second-order valence-corrected chi connectivity index (χ2v) is 7.14. The number of carbonyl (C=O) groups excluding carboxylic acids is 1. The Labute approximate surface area is 159 Å². The molecule has 0 fully saturated rings. The molecular weight excluding hydrogens is 348 g/mol. The Balaban J connectivity index is 2.15. The molecule has 132 valence electrons. The minimum atomic E-state index is -0.277. The maximum absolute atomic E-state index is 12.7. The zero-order valence-electron chi connectivity index (χ0n) is 14.9. The fourth-order valence-electron chi connectivity index (χ4n) is 2.49. The van der Waals surface area contributed by atoms with E-state index in [2.05, 4.69) is 23.5 Å². The number of hydrogen-bond donors (Lipinski definition) is 1. The molecule has 3 nitrogen and oxygen atoms in total. The summed E-state index contributed by atoms with van der Waals surface area (Å²) in [6, 6.07) is 18.2. The number of hydrogen-bond acceptors (Lipinski definition) is 3. The van der Waals surface area contributed by atoms with Gasteiger partial charge in [0, 0.05) is 22.9 Å². The first-order valence-electron chi connectivity index (χ1n) is 8.48. The minimum Gasteiger partial charge on any atom is -0.350 e. The van der Waals surface area contributed by atoms with E-state index in [1.165, 1.54) is 0 Å². The van der Waals surface area contributed by atoms with E-state index in [1.807, 2.05) is 62.1 Å². The van der Waals surface area contributed by atoms with Crippen LogP contribution in [0.4, 0.5) is 0 Å². The first-order valence-corrected chi connectivity index (χ1v) is 9.70. The van der Waals surface area contributed by atoms with E-state index in [1.54, 1.807) is 11.8 Å². The molecule has 1 N–H and O–H groups in total. The number of benzene rings is 2. The molecular formula is C20H24N2OS2. The summed E-state index contributed by atoms with van der Waals surface area (Å²) in [4.78, 5) is 16.9. The average molecular weight is 373 g/mol. The standard InChI is InChI=1S/C20H24N2OS2/c1-4-22(5-2)20(24)21-19(23)15(3)17-13-9-10-14-18(17)25-16-11-7-6-8-12-16/h6-15H,4-5H2,1-3H3,(H,21,23,24)/t15-/m0/s1. The molecule has 1 atom stereocenters. The second kappa shape index (κ2) is 9.59. The van der Waals surface area contributed by atoms with Gasteiger partial charge in [0.1, 0.15) is 0 Å². The normalized spacial score (nSPS) is 11.6. The lowest BCUT2D eigenvalue weighted by molar-refractivity contribution is -0.120. The Morgan fingerprint density at radius 1 is 1.08 bits per heavy atom. The van der Waals surface area contributed by atoms with Gasteiger partial charge in [-0.1, -0.05) is 48.2 Å². The van der Waals surface area contributed by atoms with Gasteiger partial charge in [-0.15, -0.1) is 0 Å². The lowest BCUT2D eigenvalue weighted by atomic mass is 10.0. The average Bonchev–Trinajstić information content (AvgIpc) is 2.63. The summed E-state index contributed by atoms with van der Waals surface area (Å²) in [5.41, 5.74) is 1.01. The Morgan fingerprint density at radius 2 is 1.68 bits per heavy atom. The number of thiocarbonyl (C=S) groups is 1. The molecule has 2 rings (SSSR count). The molecule has 2 aromatic carbocycles. The van der Waals surface area contributed by atoms with Crippen molar-refractivity contribution >= 4 is 35.0 Å². The van der Waals surface area contributed by atoms with Gasteiger partial charge in [0.2, 0.25) is 5.91 Å². The highest BCUT2D eigenvalue weighted by Gasteiger charge is 2.20. The van der Waals surface area contributed by atoms with Gasteiger partial charge in [0.15, 0.2) is 5.11 Å². The summed E-state index contributed by atoms with van der Waals surface area (Å²) in [7, 11) is 0. The molecule has 0 aliphatic heterocycles. The third kappa shape index (κ3) is 5.31. The van der Waals surface area contributed by atoms with Crippen molar-refractivity contribution in [1.29, 1.82) is 0 Å². The molecule has 0 saturated heterocycles. The van der Waals surface area contributed by atoms with Gasteiger partial charge in [-0.3, -0.25) is 4.79 Å². The molecule has 0 aliphatic rings. The Hall–Kier alpha value is -1.85. The zero-order valence-corrected chi connectivity index (χ0v) is 16.5. The van der Waals surface area contributed by atoms with Gasteiger partial charge in [-0.25, -0.2) is 0 Å². The van der Waals surface area contributed by atoms with E-state index in [4.69, 9.17) is 12.2 Å². The van der Waals surface area contributed by atoms with E-state index >= 15 is 0 Å². The molecule has 0 unspecified atom stereocenters. The van der Waals surface area contributed by atoms with Crippen molar-refractivity contribution in [1.82, 2.24) is 10.2 Å². The van der Waals surface area contributed by atoms with Crippen molar-refractivity contribution in [3.05, 3.63) is 60.2 Å². The van der Waals surface area contributed by atoms with Crippen LogP contribution < -0.4 is 5.32 Å². The van der Waals surface area contributed by atoms with Gasteiger partial charge < -0.3 is 10.2 Å². The van der Waals surface area contributed by atoms with Crippen molar-refractivity contribution in [3.8, 4) is 0 Å². The second-order valence-electron chi connectivity index (χ2n) is 5.64. The van der Waals surface area contributed by atoms with Crippen LogP contribution in [0.5, 0.6) is 0 Å². The van der Waals surface area contributed by atoms with Crippen LogP contribution in [0.3, 0.4) is 0 Å². The summed E-state index contributed by atoms with van der Waals surface area (Å²) in [6.07, 6.45) is 0. The van der Waals surface area contributed by atoms with Gasteiger partial charge in [0.25, 0.3) is 0 Å². The van der Waals surface area contributed by atoms with Crippen LogP contribution >= 0.6 is 24.0 Å². The predicted molar refractivity (Wildman–Crippen MR) is 109 cm³/mol. The highest BCUT2D eigenvalue weighted by molar-refractivity contribution is 7.99. The first kappa shape index (κ1) is 19.5. The molecule has 2 aromatic rings. The maximum atomic E-state index is 12.7. The third-order valence-electron chi connectivity index (χ3n) is 4.03. The number of rotatable bonds is 6. The van der Waals surface area contributed by atoms with Crippen molar-refractivity contribution in [3.63, 3.8) is 0 Å². The van der Waals surface area contributed by atoms with Crippen LogP contribution in [-0.4, -0.2) is 29.0 Å². The fourth-order valence-corrected chi connectivity index (χ4v) is 3.91. The molecule has 0 heterocycles. The van der Waals surface area contributed by atoms with E-state index in [9.17, 15) is 4.79 Å². The zero-order chi connectivity index (χ0) is 18.2. The van der Waals surface area contributed by atoms with E-state index in [0.717, 1.165) is 28.4 Å². The molecule has 0 bridgehead atoms. The SMILES string of the molecule is CCN(CC)C(=S)NC(=O)[C@@H](C)c1ccccc1Sc1ccccc1. The summed E-state index contributed by atoms with van der Waals surface area (Å²) in [6.45, 7) is 7.54. The number of amides is 1. The van der Waals surface area contributed by atoms with Gasteiger partial charge in [-0.2, -0.15) is 0 Å². The number of nitrogens with one attached hydrogen (secondary N) is 1. The maximum Gasteiger partial charge on any atom is 0.233 e. The van der Waals surface area contributed by atoms with Gasteiger partial charge >= 0.3 is 0 Å². The highest BCUT2D eigenvalue weighted by Crippen LogP contribution is 2.33. The van der Waals surface area contributed by atoms with Crippen molar-refractivity contribution < 1.29 is 4.79 Å². The minimum absolute atomic E-state index is 0.0713. The Morgan fingerprint density at radius 3 is 2.32 bits per heavy atom. The van der Waals surface area contributed by atoms with E-state index in [0.29, 0.717) is 5.11 Å². The van der Waals surface area contributed by atoms with Crippen molar-refractivity contribution in [2.24, 2.45) is 0 Å². The summed E-state index contributed by atoms with van der Waals surface area (Å²) in [5, 5.41) is 3.38. The van der Waals surface area contributed by atoms with Crippen molar-refractivity contribution in [2.75, 3.05) is 13.1 Å².